The number of hydrogen-bond donors (Lipinski definition) is 2. The maximum absolute atomic E-state index is 12.3. The van der Waals surface area contributed by atoms with Crippen molar-refractivity contribution in [3.8, 4) is 0 Å². The Balaban J connectivity index is 2.82. The highest BCUT2D eigenvalue weighted by Gasteiger charge is 2.40. The highest BCUT2D eigenvalue weighted by molar-refractivity contribution is 5.88. The Morgan fingerprint density at radius 2 is 1.83 bits per heavy atom. The van der Waals surface area contributed by atoms with Crippen LogP contribution in [0.4, 0.5) is 0 Å². The molecule has 1 aliphatic carbocycles. The first-order valence-electron chi connectivity index (χ1n) is 6.16. The van der Waals surface area contributed by atoms with E-state index in [0.29, 0.717) is 12.8 Å². The predicted molar refractivity (Wildman–Crippen MR) is 64.5 cm³/mol. The van der Waals surface area contributed by atoms with Crippen LogP contribution in [0.5, 0.6) is 0 Å². The monoisotopic (exact) mass is 256 g/mol. The SMILES string of the molecule is CC(C)N(CC(N)=O)C(=O)[C@@H]1CCC[C@@H]1C(=O)O. The van der Waals surface area contributed by atoms with Gasteiger partial charge in [0, 0.05) is 6.04 Å². The molecule has 0 saturated heterocycles. The number of carbonyl (C=O) groups excluding carboxylic acids is 2. The molecule has 2 atom stereocenters. The molecule has 1 rings (SSSR count). The molecule has 0 aromatic carbocycles. The summed E-state index contributed by atoms with van der Waals surface area (Å²) >= 11 is 0. The first kappa shape index (κ1) is 14.5. The molecular weight excluding hydrogens is 236 g/mol. The van der Waals surface area contributed by atoms with Gasteiger partial charge in [-0.2, -0.15) is 0 Å². The predicted octanol–water partition coefficient (Wildman–Crippen LogP) is 0.210. The lowest BCUT2D eigenvalue weighted by molar-refractivity contribution is -0.150. The summed E-state index contributed by atoms with van der Waals surface area (Å²) in [4.78, 5) is 35.7. The Kier molecular flexibility index (Phi) is 4.69. The second-order valence-corrected chi connectivity index (χ2v) is 5.01. The van der Waals surface area contributed by atoms with E-state index in [4.69, 9.17) is 10.8 Å². The fourth-order valence-electron chi connectivity index (χ4n) is 2.45. The van der Waals surface area contributed by atoms with Crippen LogP contribution in [0.3, 0.4) is 0 Å². The van der Waals surface area contributed by atoms with Gasteiger partial charge in [-0.25, -0.2) is 0 Å². The van der Waals surface area contributed by atoms with E-state index in [9.17, 15) is 14.4 Å². The Labute approximate surface area is 106 Å². The molecule has 0 spiro atoms. The Bertz CT molecular complexity index is 350. The topological polar surface area (TPSA) is 101 Å². The summed E-state index contributed by atoms with van der Waals surface area (Å²) in [5.41, 5.74) is 5.11. The molecule has 1 saturated carbocycles. The van der Waals surface area contributed by atoms with E-state index >= 15 is 0 Å². The van der Waals surface area contributed by atoms with Gasteiger partial charge in [0.25, 0.3) is 0 Å². The quantitative estimate of drug-likeness (QED) is 0.734. The van der Waals surface area contributed by atoms with Gasteiger partial charge in [0.15, 0.2) is 0 Å². The summed E-state index contributed by atoms with van der Waals surface area (Å²) in [5.74, 6) is -2.94. The molecule has 6 nitrogen and oxygen atoms in total. The fourth-order valence-corrected chi connectivity index (χ4v) is 2.45. The molecule has 0 unspecified atom stereocenters. The van der Waals surface area contributed by atoms with Crippen molar-refractivity contribution in [1.29, 1.82) is 0 Å². The van der Waals surface area contributed by atoms with Crippen LogP contribution in [-0.4, -0.2) is 40.4 Å². The van der Waals surface area contributed by atoms with Crippen LogP contribution in [-0.2, 0) is 14.4 Å². The van der Waals surface area contributed by atoms with Crippen molar-refractivity contribution in [2.24, 2.45) is 17.6 Å². The van der Waals surface area contributed by atoms with Gasteiger partial charge >= 0.3 is 5.97 Å². The normalized spacial score (nSPS) is 23.1. The van der Waals surface area contributed by atoms with Crippen molar-refractivity contribution >= 4 is 17.8 Å². The van der Waals surface area contributed by atoms with Crippen LogP contribution >= 0.6 is 0 Å². The number of rotatable bonds is 5. The van der Waals surface area contributed by atoms with Gasteiger partial charge in [-0.3, -0.25) is 14.4 Å². The van der Waals surface area contributed by atoms with Crippen molar-refractivity contribution in [3.63, 3.8) is 0 Å². The van der Waals surface area contributed by atoms with Gasteiger partial charge in [0.05, 0.1) is 18.4 Å². The highest BCUT2D eigenvalue weighted by atomic mass is 16.4. The molecule has 0 aromatic rings. The van der Waals surface area contributed by atoms with Gasteiger partial charge in [-0.05, 0) is 26.7 Å². The summed E-state index contributed by atoms with van der Waals surface area (Å²) in [6.07, 6.45) is 1.82. The molecule has 6 heteroatoms. The van der Waals surface area contributed by atoms with Crippen LogP contribution in [0, 0.1) is 11.8 Å². The maximum Gasteiger partial charge on any atom is 0.307 e. The molecule has 18 heavy (non-hydrogen) atoms. The zero-order valence-corrected chi connectivity index (χ0v) is 10.8. The molecule has 0 heterocycles. The van der Waals surface area contributed by atoms with Crippen molar-refractivity contribution in [1.82, 2.24) is 4.90 Å². The first-order valence-corrected chi connectivity index (χ1v) is 6.16. The van der Waals surface area contributed by atoms with E-state index < -0.39 is 23.7 Å². The summed E-state index contributed by atoms with van der Waals surface area (Å²) in [6.45, 7) is 3.41. The third-order valence-corrected chi connectivity index (χ3v) is 3.38. The Morgan fingerprint density at radius 3 is 2.28 bits per heavy atom. The summed E-state index contributed by atoms with van der Waals surface area (Å²) < 4.78 is 0. The lowest BCUT2D eigenvalue weighted by atomic mass is 9.94. The van der Waals surface area contributed by atoms with Crippen LogP contribution < -0.4 is 5.73 Å². The average Bonchev–Trinajstić information content (AvgIpc) is 2.73. The van der Waals surface area contributed by atoms with E-state index in [1.807, 2.05) is 0 Å². The minimum Gasteiger partial charge on any atom is -0.481 e. The number of amides is 2. The van der Waals surface area contributed by atoms with E-state index in [2.05, 4.69) is 0 Å². The van der Waals surface area contributed by atoms with Crippen molar-refractivity contribution in [2.45, 2.75) is 39.2 Å². The van der Waals surface area contributed by atoms with Gasteiger partial charge < -0.3 is 15.7 Å². The van der Waals surface area contributed by atoms with Gasteiger partial charge in [-0.1, -0.05) is 6.42 Å². The van der Waals surface area contributed by atoms with Crippen molar-refractivity contribution in [3.05, 3.63) is 0 Å². The van der Waals surface area contributed by atoms with E-state index in [1.165, 1.54) is 4.90 Å². The van der Waals surface area contributed by atoms with Crippen LogP contribution in [0.1, 0.15) is 33.1 Å². The number of hydrogen-bond acceptors (Lipinski definition) is 3. The zero-order chi connectivity index (χ0) is 13.9. The third kappa shape index (κ3) is 3.21. The van der Waals surface area contributed by atoms with Crippen molar-refractivity contribution in [2.75, 3.05) is 6.54 Å². The largest absolute Gasteiger partial charge is 0.481 e. The van der Waals surface area contributed by atoms with E-state index in [1.54, 1.807) is 13.8 Å². The second-order valence-electron chi connectivity index (χ2n) is 5.01. The molecule has 102 valence electrons. The molecule has 3 N–H and O–H groups in total. The molecule has 0 radical (unpaired) electrons. The molecule has 2 amide bonds. The molecule has 1 aliphatic rings. The molecular formula is C12H20N2O4. The number of nitrogens with zero attached hydrogens (tertiary/aromatic N) is 1. The lowest BCUT2D eigenvalue weighted by Gasteiger charge is -2.29. The number of primary amides is 1. The fraction of sp³-hybridized carbons (Fsp3) is 0.750. The summed E-state index contributed by atoms with van der Waals surface area (Å²) in [5, 5.41) is 9.07. The summed E-state index contributed by atoms with van der Waals surface area (Å²) in [6, 6.07) is -0.167. The van der Waals surface area contributed by atoms with Crippen LogP contribution in [0.2, 0.25) is 0 Å². The molecule has 1 fully saturated rings. The number of aliphatic carboxylic acids is 1. The lowest BCUT2D eigenvalue weighted by Crippen LogP contribution is -2.47. The van der Waals surface area contributed by atoms with Gasteiger partial charge in [0.1, 0.15) is 0 Å². The number of carboxylic acid groups (broad SMARTS) is 1. The van der Waals surface area contributed by atoms with E-state index in [0.717, 1.165) is 6.42 Å². The minimum absolute atomic E-state index is 0.153. The summed E-state index contributed by atoms with van der Waals surface area (Å²) in [7, 11) is 0. The standard InChI is InChI=1S/C12H20N2O4/c1-7(2)14(6-10(13)15)11(16)8-4-3-5-9(8)12(17)18/h7-9H,3-6H2,1-2H3,(H2,13,15)(H,17,18)/t8-,9+/m1/s1. The smallest absolute Gasteiger partial charge is 0.307 e. The molecule has 0 bridgehead atoms. The number of nitrogens with two attached hydrogens (primary N) is 1. The van der Waals surface area contributed by atoms with E-state index in [-0.39, 0.29) is 18.5 Å². The first-order chi connectivity index (χ1) is 8.34. The maximum atomic E-state index is 12.3. The van der Waals surface area contributed by atoms with Crippen LogP contribution in [0.25, 0.3) is 0 Å². The zero-order valence-electron chi connectivity index (χ0n) is 10.8. The number of carboxylic acids is 1. The third-order valence-electron chi connectivity index (χ3n) is 3.38. The highest BCUT2D eigenvalue weighted by Crippen LogP contribution is 2.33. The second kappa shape index (κ2) is 5.84. The Hall–Kier alpha value is -1.59. The number of carbonyl (C=O) groups is 3. The minimum atomic E-state index is -0.936. The van der Waals surface area contributed by atoms with Crippen LogP contribution in [0.15, 0.2) is 0 Å². The van der Waals surface area contributed by atoms with Crippen molar-refractivity contribution < 1.29 is 19.5 Å². The molecule has 0 aromatic heterocycles. The molecule has 0 aliphatic heterocycles. The Morgan fingerprint density at radius 1 is 1.28 bits per heavy atom. The van der Waals surface area contributed by atoms with Gasteiger partial charge in [-0.15, -0.1) is 0 Å². The van der Waals surface area contributed by atoms with Gasteiger partial charge in [0.2, 0.25) is 11.8 Å². The average molecular weight is 256 g/mol.